The molecule has 1 atom stereocenters. The van der Waals surface area contributed by atoms with Gasteiger partial charge in [-0.2, -0.15) is 0 Å². The van der Waals surface area contributed by atoms with Crippen molar-refractivity contribution in [2.24, 2.45) is 5.41 Å². The maximum Gasteiger partial charge on any atom is 0.309 e. The maximum absolute atomic E-state index is 10.8. The van der Waals surface area contributed by atoms with E-state index in [-0.39, 0.29) is 19.4 Å². The molecule has 0 saturated heterocycles. The average molecular weight is 204 g/mol. The molecule has 0 aliphatic carbocycles. The molecule has 0 aliphatic rings. The molecule has 5 nitrogen and oxygen atoms in total. The lowest BCUT2D eigenvalue weighted by atomic mass is 9.82. The summed E-state index contributed by atoms with van der Waals surface area (Å²) < 4.78 is 0. The van der Waals surface area contributed by atoms with Crippen LogP contribution in [0.2, 0.25) is 0 Å². The van der Waals surface area contributed by atoms with Crippen molar-refractivity contribution < 1.29 is 24.9 Å². The van der Waals surface area contributed by atoms with Gasteiger partial charge in [-0.3, -0.25) is 9.59 Å². The quantitative estimate of drug-likeness (QED) is 0.531. The second-order valence-electron chi connectivity index (χ2n) is 3.62. The summed E-state index contributed by atoms with van der Waals surface area (Å²) in [4.78, 5) is 21.3. The number of carbonyl (C=O) groups is 2. The zero-order valence-electron chi connectivity index (χ0n) is 8.19. The van der Waals surface area contributed by atoms with Crippen LogP contribution in [0.5, 0.6) is 0 Å². The number of aliphatic hydroxyl groups is 1. The van der Waals surface area contributed by atoms with Crippen molar-refractivity contribution in [3.05, 3.63) is 0 Å². The first kappa shape index (κ1) is 12.9. The maximum atomic E-state index is 10.8. The largest absolute Gasteiger partial charge is 0.481 e. The number of aliphatic hydroxyl groups excluding tert-OH is 1. The lowest BCUT2D eigenvalue weighted by Crippen LogP contribution is -2.30. The standard InChI is InChI=1S/C9H16O5/c1-9(8(13)14,6-7(11)12)4-2-3-5-10/h10H,2-6H2,1H3,(H,11,12)(H,13,14). The van der Waals surface area contributed by atoms with Crippen molar-refractivity contribution in [2.45, 2.75) is 32.6 Å². The van der Waals surface area contributed by atoms with Crippen molar-refractivity contribution in [3.8, 4) is 0 Å². The number of carboxylic acid groups (broad SMARTS) is 2. The van der Waals surface area contributed by atoms with E-state index in [2.05, 4.69) is 0 Å². The molecule has 0 aromatic rings. The second-order valence-corrected chi connectivity index (χ2v) is 3.62. The van der Waals surface area contributed by atoms with E-state index in [1.54, 1.807) is 0 Å². The molecule has 82 valence electrons. The topological polar surface area (TPSA) is 94.8 Å². The van der Waals surface area contributed by atoms with Gasteiger partial charge in [-0.05, 0) is 19.8 Å². The molecule has 0 aromatic carbocycles. The fourth-order valence-corrected chi connectivity index (χ4v) is 1.23. The van der Waals surface area contributed by atoms with Gasteiger partial charge in [-0.15, -0.1) is 0 Å². The Morgan fingerprint density at radius 2 is 1.79 bits per heavy atom. The van der Waals surface area contributed by atoms with E-state index < -0.39 is 17.4 Å². The molecule has 0 amide bonds. The van der Waals surface area contributed by atoms with Crippen LogP contribution >= 0.6 is 0 Å². The summed E-state index contributed by atoms with van der Waals surface area (Å²) in [7, 11) is 0. The van der Waals surface area contributed by atoms with Crippen LogP contribution in [0, 0.1) is 5.41 Å². The third-order valence-corrected chi connectivity index (χ3v) is 2.19. The van der Waals surface area contributed by atoms with Crippen LogP contribution in [0.15, 0.2) is 0 Å². The van der Waals surface area contributed by atoms with E-state index in [1.165, 1.54) is 6.92 Å². The molecule has 0 bridgehead atoms. The minimum Gasteiger partial charge on any atom is -0.481 e. The number of aliphatic carboxylic acids is 2. The van der Waals surface area contributed by atoms with Gasteiger partial charge in [0.2, 0.25) is 0 Å². The van der Waals surface area contributed by atoms with Crippen molar-refractivity contribution in [1.82, 2.24) is 0 Å². The Morgan fingerprint density at radius 3 is 2.14 bits per heavy atom. The fraction of sp³-hybridized carbons (Fsp3) is 0.778. The minimum atomic E-state index is -1.22. The summed E-state index contributed by atoms with van der Waals surface area (Å²) in [5.74, 6) is -2.21. The van der Waals surface area contributed by atoms with E-state index >= 15 is 0 Å². The first-order valence-electron chi connectivity index (χ1n) is 4.48. The molecule has 0 radical (unpaired) electrons. The van der Waals surface area contributed by atoms with E-state index in [1.807, 2.05) is 0 Å². The Labute approximate surface area is 82.4 Å². The molecule has 0 saturated carbocycles. The van der Waals surface area contributed by atoms with Gasteiger partial charge in [-0.1, -0.05) is 6.42 Å². The van der Waals surface area contributed by atoms with E-state index in [0.29, 0.717) is 12.8 Å². The van der Waals surface area contributed by atoms with Crippen LogP contribution in [-0.2, 0) is 9.59 Å². The summed E-state index contributed by atoms with van der Waals surface area (Å²) in [5.41, 5.74) is -1.22. The Kier molecular flexibility index (Phi) is 5.15. The van der Waals surface area contributed by atoms with Crippen LogP contribution in [0.3, 0.4) is 0 Å². The predicted molar refractivity (Wildman–Crippen MR) is 48.9 cm³/mol. The summed E-state index contributed by atoms with van der Waals surface area (Å²) in [5, 5.41) is 25.9. The highest BCUT2D eigenvalue weighted by Gasteiger charge is 2.34. The van der Waals surface area contributed by atoms with Gasteiger partial charge in [0.1, 0.15) is 0 Å². The van der Waals surface area contributed by atoms with Crippen molar-refractivity contribution >= 4 is 11.9 Å². The highest BCUT2D eigenvalue weighted by atomic mass is 16.4. The molecule has 0 heterocycles. The zero-order valence-corrected chi connectivity index (χ0v) is 8.19. The first-order chi connectivity index (χ1) is 6.42. The van der Waals surface area contributed by atoms with E-state index in [9.17, 15) is 9.59 Å². The van der Waals surface area contributed by atoms with Gasteiger partial charge in [0.25, 0.3) is 0 Å². The molecule has 0 aliphatic heterocycles. The number of rotatable bonds is 7. The minimum absolute atomic E-state index is 0.00275. The molecular formula is C9H16O5. The molecule has 14 heavy (non-hydrogen) atoms. The highest BCUT2D eigenvalue weighted by Crippen LogP contribution is 2.28. The van der Waals surface area contributed by atoms with Crippen molar-refractivity contribution in [2.75, 3.05) is 6.61 Å². The predicted octanol–water partition coefficient (Wildman–Crippen LogP) is 0.715. The Balaban J connectivity index is 4.24. The van der Waals surface area contributed by atoms with Gasteiger partial charge >= 0.3 is 11.9 Å². The number of carboxylic acids is 2. The van der Waals surface area contributed by atoms with Crippen LogP contribution in [-0.4, -0.2) is 33.9 Å². The van der Waals surface area contributed by atoms with Crippen LogP contribution < -0.4 is 0 Å². The van der Waals surface area contributed by atoms with E-state index in [0.717, 1.165) is 0 Å². The monoisotopic (exact) mass is 204 g/mol. The van der Waals surface area contributed by atoms with Gasteiger partial charge in [0, 0.05) is 6.61 Å². The smallest absolute Gasteiger partial charge is 0.309 e. The third kappa shape index (κ3) is 4.23. The normalized spacial score (nSPS) is 14.7. The Morgan fingerprint density at radius 1 is 1.21 bits per heavy atom. The molecule has 0 aromatic heterocycles. The lowest BCUT2D eigenvalue weighted by molar-refractivity contribution is -0.155. The van der Waals surface area contributed by atoms with Gasteiger partial charge in [0.15, 0.2) is 0 Å². The molecule has 5 heteroatoms. The Hall–Kier alpha value is -1.10. The SMILES string of the molecule is CC(CCCCO)(CC(=O)O)C(=O)O. The molecule has 3 N–H and O–H groups in total. The summed E-state index contributed by atoms with van der Waals surface area (Å²) in [6.45, 7) is 1.42. The van der Waals surface area contributed by atoms with Gasteiger partial charge in [0.05, 0.1) is 11.8 Å². The number of unbranched alkanes of at least 4 members (excludes halogenated alkanes) is 1. The second kappa shape index (κ2) is 5.59. The molecule has 1 unspecified atom stereocenters. The number of hydrogen-bond acceptors (Lipinski definition) is 3. The Bertz CT molecular complexity index is 213. The summed E-state index contributed by atoms with van der Waals surface area (Å²) in [6, 6.07) is 0. The summed E-state index contributed by atoms with van der Waals surface area (Å²) in [6.07, 6.45) is 0.915. The molecular weight excluding hydrogens is 188 g/mol. The van der Waals surface area contributed by atoms with Gasteiger partial charge < -0.3 is 15.3 Å². The molecule has 0 fully saturated rings. The van der Waals surface area contributed by atoms with Crippen LogP contribution in [0.1, 0.15) is 32.6 Å². The zero-order chi connectivity index (χ0) is 11.2. The molecule has 0 spiro atoms. The molecule has 0 rings (SSSR count). The first-order valence-corrected chi connectivity index (χ1v) is 4.48. The van der Waals surface area contributed by atoms with Crippen molar-refractivity contribution in [3.63, 3.8) is 0 Å². The lowest BCUT2D eigenvalue weighted by Gasteiger charge is -2.22. The van der Waals surface area contributed by atoms with E-state index in [4.69, 9.17) is 15.3 Å². The van der Waals surface area contributed by atoms with Gasteiger partial charge in [-0.25, -0.2) is 0 Å². The van der Waals surface area contributed by atoms with Crippen molar-refractivity contribution in [1.29, 1.82) is 0 Å². The van der Waals surface area contributed by atoms with Crippen LogP contribution in [0.4, 0.5) is 0 Å². The average Bonchev–Trinajstić information content (AvgIpc) is 2.03. The number of hydrogen-bond donors (Lipinski definition) is 3. The van der Waals surface area contributed by atoms with Crippen LogP contribution in [0.25, 0.3) is 0 Å². The third-order valence-electron chi connectivity index (χ3n) is 2.19. The fourth-order valence-electron chi connectivity index (χ4n) is 1.23. The highest BCUT2D eigenvalue weighted by molar-refractivity contribution is 5.80. The summed E-state index contributed by atoms with van der Waals surface area (Å²) >= 11 is 0.